The van der Waals surface area contributed by atoms with Crippen molar-refractivity contribution >= 4 is 27.5 Å². The van der Waals surface area contributed by atoms with Gasteiger partial charge in [-0.05, 0) is 47.4 Å². The molecule has 4 nitrogen and oxygen atoms in total. The summed E-state index contributed by atoms with van der Waals surface area (Å²) in [5, 5.41) is 15.9. The van der Waals surface area contributed by atoms with E-state index in [-0.39, 0.29) is 17.1 Å². The van der Waals surface area contributed by atoms with Crippen molar-refractivity contribution in [1.29, 1.82) is 0 Å². The Hall–Kier alpha value is -1.07. The fourth-order valence-electron chi connectivity index (χ4n) is 2.27. The highest BCUT2D eigenvalue weighted by molar-refractivity contribution is 9.10. The fraction of sp³-hybridized carbons (Fsp3) is 0.462. The number of phenolic OH excluding ortho intramolecular Hbond substituents is 1. The van der Waals surface area contributed by atoms with Crippen LogP contribution in [0.5, 0.6) is 5.75 Å². The van der Waals surface area contributed by atoms with Crippen LogP contribution >= 0.6 is 15.9 Å². The SMILES string of the molecule is CCC1(C(=O)Nc2cccc(Br)c2O)CCNC1. The van der Waals surface area contributed by atoms with E-state index in [2.05, 4.69) is 26.6 Å². The topological polar surface area (TPSA) is 61.4 Å². The summed E-state index contributed by atoms with van der Waals surface area (Å²) in [4.78, 5) is 12.4. The summed E-state index contributed by atoms with van der Waals surface area (Å²) in [6.45, 7) is 3.59. The Labute approximate surface area is 115 Å². The summed E-state index contributed by atoms with van der Waals surface area (Å²) in [5.74, 6) is 0.0476. The molecule has 1 aliphatic heterocycles. The largest absolute Gasteiger partial charge is 0.505 e. The van der Waals surface area contributed by atoms with E-state index in [1.807, 2.05) is 6.92 Å². The molecule has 1 heterocycles. The van der Waals surface area contributed by atoms with Crippen LogP contribution in [0.4, 0.5) is 5.69 Å². The Balaban J connectivity index is 2.18. The van der Waals surface area contributed by atoms with Gasteiger partial charge in [0.05, 0.1) is 15.6 Å². The zero-order valence-electron chi connectivity index (χ0n) is 10.3. The number of nitrogens with one attached hydrogen (secondary N) is 2. The Bertz CT molecular complexity index is 456. The van der Waals surface area contributed by atoms with Gasteiger partial charge < -0.3 is 15.7 Å². The van der Waals surface area contributed by atoms with Crippen molar-refractivity contribution < 1.29 is 9.90 Å². The maximum Gasteiger partial charge on any atom is 0.232 e. The number of hydrogen-bond donors (Lipinski definition) is 3. The zero-order chi connectivity index (χ0) is 13.2. The number of carbonyl (C=O) groups is 1. The van der Waals surface area contributed by atoms with E-state index in [1.54, 1.807) is 18.2 Å². The first kappa shape index (κ1) is 13.4. The van der Waals surface area contributed by atoms with Crippen molar-refractivity contribution in [3.05, 3.63) is 22.7 Å². The van der Waals surface area contributed by atoms with Gasteiger partial charge in [0.1, 0.15) is 0 Å². The van der Waals surface area contributed by atoms with Crippen LogP contribution in [0, 0.1) is 5.41 Å². The predicted octanol–water partition coefficient (Wildman–Crippen LogP) is 2.48. The van der Waals surface area contributed by atoms with E-state index < -0.39 is 0 Å². The van der Waals surface area contributed by atoms with E-state index in [0.717, 1.165) is 19.4 Å². The van der Waals surface area contributed by atoms with E-state index in [9.17, 15) is 9.90 Å². The molecule has 18 heavy (non-hydrogen) atoms. The van der Waals surface area contributed by atoms with Crippen LogP contribution in [0.1, 0.15) is 19.8 Å². The standard InChI is InChI=1S/C13H17BrN2O2/c1-2-13(6-7-15-8-13)12(18)16-10-5-3-4-9(14)11(10)17/h3-5,15,17H,2,6-8H2,1H3,(H,16,18). The van der Waals surface area contributed by atoms with Gasteiger partial charge in [0, 0.05) is 6.54 Å². The molecule has 1 aromatic carbocycles. The normalized spacial score (nSPS) is 23.0. The Morgan fingerprint density at radius 1 is 1.61 bits per heavy atom. The molecule has 1 aromatic rings. The lowest BCUT2D eigenvalue weighted by molar-refractivity contribution is -0.124. The number of benzene rings is 1. The molecule has 5 heteroatoms. The highest BCUT2D eigenvalue weighted by atomic mass is 79.9. The zero-order valence-corrected chi connectivity index (χ0v) is 11.9. The minimum Gasteiger partial charge on any atom is -0.505 e. The Morgan fingerprint density at radius 2 is 2.39 bits per heavy atom. The van der Waals surface area contributed by atoms with Crippen LogP contribution < -0.4 is 10.6 Å². The first-order valence-corrected chi connectivity index (χ1v) is 6.88. The molecule has 1 fully saturated rings. The molecule has 0 aliphatic carbocycles. The number of aromatic hydroxyl groups is 1. The molecule has 2 rings (SSSR count). The van der Waals surface area contributed by atoms with E-state index in [1.165, 1.54) is 0 Å². The average Bonchev–Trinajstić information content (AvgIpc) is 2.85. The van der Waals surface area contributed by atoms with Gasteiger partial charge in [0.2, 0.25) is 5.91 Å². The Kier molecular flexibility index (Phi) is 3.92. The molecular formula is C13H17BrN2O2. The summed E-state index contributed by atoms with van der Waals surface area (Å²) in [5.41, 5.74) is 0.100. The molecule has 98 valence electrons. The molecule has 3 N–H and O–H groups in total. The average molecular weight is 313 g/mol. The molecular weight excluding hydrogens is 296 g/mol. The lowest BCUT2D eigenvalue weighted by Crippen LogP contribution is -2.37. The summed E-state index contributed by atoms with van der Waals surface area (Å²) in [7, 11) is 0. The monoisotopic (exact) mass is 312 g/mol. The second kappa shape index (κ2) is 5.28. The molecule has 0 saturated carbocycles. The predicted molar refractivity (Wildman–Crippen MR) is 74.6 cm³/mol. The lowest BCUT2D eigenvalue weighted by Gasteiger charge is -2.25. The first-order chi connectivity index (χ1) is 8.59. The number of carbonyl (C=O) groups excluding carboxylic acids is 1. The van der Waals surface area contributed by atoms with Crippen molar-refractivity contribution in [3.8, 4) is 5.75 Å². The number of anilines is 1. The number of hydrogen-bond acceptors (Lipinski definition) is 3. The van der Waals surface area contributed by atoms with Gasteiger partial charge in [-0.3, -0.25) is 4.79 Å². The van der Waals surface area contributed by atoms with Crippen molar-refractivity contribution in [3.63, 3.8) is 0 Å². The van der Waals surface area contributed by atoms with E-state index >= 15 is 0 Å². The third-order valence-electron chi connectivity index (χ3n) is 3.64. The number of halogens is 1. The fourth-order valence-corrected chi connectivity index (χ4v) is 2.64. The van der Waals surface area contributed by atoms with Gasteiger partial charge in [-0.15, -0.1) is 0 Å². The molecule has 0 radical (unpaired) electrons. The van der Waals surface area contributed by atoms with Gasteiger partial charge in [-0.2, -0.15) is 0 Å². The summed E-state index contributed by atoms with van der Waals surface area (Å²) in [6.07, 6.45) is 1.63. The molecule has 1 unspecified atom stereocenters. The quantitative estimate of drug-likeness (QED) is 0.751. The van der Waals surface area contributed by atoms with Gasteiger partial charge >= 0.3 is 0 Å². The van der Waals surface area contributed by atoms with E-state index in [4.69, 9.17) is 0 Å². The minimum atomic E-state index is -0.352. The van der Waals surface area contributed by atoms with Crippen LogP contribution in [-0.4, -0.2) is 24.1 Å². The van der Waals surface area contributed by atoms with Crippen molar-refractivity contribution in [2.45, 2.75) is 19.8 Å². The molecule has 1 aliphatic rings. The highest BCUT2D eigenvalue weighted by Crippen LogP contribution is 2.35. The summed E-state index contributed by atoms with van der Waals surface area (Å²) in [6, 6.07) is 5.21. The second-order valence-electron chi connectivity index (χ2n) is 4.65. The van der Waals surface area contributed by atoms with Gasteiger partial charge in [0.25, 0.3) is 0 Å². The molecule has 1 saturated heterocycles. The molecule has 0 aromatic heterocycles. The van der Waals surface area contributed by atoms with Crippen LogP contribution in [0.2, 0.25) is 0 Å². The van der Waals surface area contributed by atoms with Crippen LogP contribution in [-0.2, 0) is 4.79 Å². The smallest absolute Gasteiger partial charge is 0.232 e. The molecule has 1 amide bonds. The third kappa shape index (κ3) is 2.37. The third-order valence-corrected chi connectivity index (χ3v) is 4.28. The van der Waals surface area contributed by atoms with Gasteiger partial charge in [-0.25, -0.2) is 0 Å². The summed E-state index contributed by atoms with van der Waals surface area (Å²) >= 11 is 3.24. The van der Waals surface area contributed by atoms with Crippen LogP contribution in [0.15, 0.2) is 22.7 Å². The number of rotatable bonds is 3. The highest BCUT2D eigenvalue weighted by Gasteiger charge is 2.39. The molecule has 0 bridgehead atoms. The van der Waals surface area contributed by atoms with Crippen molar-refractivity contribution in [2.24, 2.45) is 5.41 Å². The molecule has 1 atom stereocenters. The summed E-state index contributed by atoms with van der Waals surface area (Å²) < 4.78 is 0.579. The number of para-hydroxylation sites is 1. The maximum absolute atomic E-state index is 12.4. The first-order valence-electron chi connectivity index (χ1n) is 6.09. The lowest BCUT2D eigenvalue weighted by atomic mass is 9.83. The number of phenols is 1. The molecule has 0 spiro atoms. The Morgan fingerprint density at radius 3 is 3.00 bits per heavy atom. The van der Waals surface area contributed by atoms with E-state index in [0.29, 0.717) is 16.7 Å². The van der Waals surface area contributed by atoms with Gasteiger partial charge in [0.15, 0.2) is 5.75 Å². The second-order valence-corrected chi connectivity index (χ2v) is 5.51. The van der Waals surface area contributed by atoms with Gasteiger partial charge in [-0.1, -0.05) is 13.0 Å². The maximum atomic E-state index is 12.4. The number of amides is 1. The van der Waals surface area contributed by atoms with Crippen LogP contribution in [0.25, 0.3) is 0 Å². The minimum absolute atomic E-state index is 0.0246. The van der Waals surface area contributed by atoms with Crippen LogP contribution in [0.3, 0.4) is 0 Å². The van der Waals surface area contributed by atoms with Crippen molar-refractivity contribution in [1.82, 2.24) is 5.32 Å². The van der Waals surface area contributed by atoms with Crippen molar-refractivity contribution in [2.75, 3.05) is 18.4 Å².